The molecule has 2 unspecified atom stereocenters. The molecule has 2 rings (SSSR count). The standard InChI is InChI=1S/C15H27N3O2/c1-16-15(20)12-5-4-10-18(11-12)14(19)8-7-13-6-2-3-9-17-13/h12-13,17H,2-11H2,1H3,(H,16,20). The van der Waals surface area contributed by atoms with Crippen molar-refractivity contribution in [3.05, 3.63) is 0 Å². The third kappa shape index (κ3) is 4.20. The SMILES string of the molecule is CNC(=O)C1CCCN(C(=O)CCC2CCCCN2)C1. The van der Waals surface area contributed by atoms with Crippen LogP contribution < -0.4 is 10.6 Å². The maximum atomic E-state index is 12.3. The van der Waals surface area contributed by atoms with E-state index in [1.54, 1.807) is 7.05 Å². The Labute approximate surface area is 121 Å². The van der Waals surface area contributed by atoms with E-state index >= 15 is 0 Å². The zero-order valence-corrected chi connectivity index (χ0v) is 12.5. The molecule has 2 amide bonds. The van der Waals surface area contributed by atoms with Gasteiger partial charge in [0.2, 0.25) is 11.8 Å². The highest BCUT2D eigenvalue weighted by atomic mass is 16.2. The number of nitrogens with one attached hydrogen (secondary N) is 2. The van der Waals surface area contributed by atoms with Crippen molar-refractivity contribution in [1.82, 2.24) is 15.5 Å². The molecule has 20 heavy (non-hydrogen) atoms. The van der Waals surface area contributed by atoms with Crippen LogP contribution in [-0.4, -0.2) is 49.4 Å². The fraction of sp³-hybridized carbons (Fsp3) is 0.867. The summed E-state index contributed by atoms with van der Waals surface area (Å²) < 4.78 is 0. The molecule has 2 aliphatic rings. The van der Waals surface area contributed by atoms with Gasteiger partial charge in [-0.15, -0.1) is 0 Å². The molecular weight excluding hydrogens is 254 g/mol. The lowest BCUT2D eigenvalue weighted by Crippen LogP contribution is -2.45. The molecule has 114 valence electrons. The van der Waals surface area contributed by atoms with Gasteiger partial charge < -0.3 is 15.5 Å². The van der Waals surface area contributed by atoms with Gasteiger partial charge in [-0.2, -0.15) is 0 Å². The summed E-state index contributed by atoms with van der Waals surface area (Å²) in [5, 5.41) is 6.17. The third-order valence-corrected chi connectivity index (χ3v) is 4.51. The summed E-state index contributed by atoms with van der Waals surface area (Å²) in [7, 11) is 1.66. The monoisotopic (exact) mass is 281 g/mol. The molecular formula is C15H27N3O2. The Morgan fingerprint density at radius 3 is 2.80 bits per heavy atom. The van der Waals surface area contributed by atoms with E-state index in [-0.39, 0.29) is 17.7 Å². The minimum atomic E-state index is -0.0227. The smallest absolute Gasteiger partial charge is 0.224 e. The Hall–Kier alpha value is -1.10. The lowest BCUT2D eigenvalue weighted by molar-refractivity contribution is -0.135. The molecule has 0 bridgehead atoms. The summed E-state index contributed by atoms with van der Waals surface area (Å²) in [5.74, 6) is 0.257. The van der Waals surface area contributed by atoms with E-state index < -0.39 is 0 Å². The third-order valence-electron chi connectivity index (χ3n) is 4.51. The summed E-state index contributed by atoms with van der Waals surface area (Å²) in [4.78, 5) is 25.8. The Bertz CT molecular complexity index is 340. The van der Waals surface area contributed by atoms with Crippen molar-refractivity contribution >= 4 is 11.8 Å². The molecule has 0 saturated carbocycles. The molecule has 2 fully saturated rings. The van der Waals surface area contributed by atoms with Crippen molar-refractivity contribution in [2.75, 3.05) is 26.7 Å². The first kappa shape index (κ1) is 15.3. The molecule has 0 spiro atoms. The Kier molecular flexibility index (Phi) is 5.83. The first-order valence-corrected chi connectivity index (χ1v) is 7.93. The van der Waals surface area contributed by atoms with Crippen LogP contribution in [0.4, 0.5) is 0 Å². The van der Waals surface area contributed by atoms with Gasteiger partial charge in [-0.1, -0.05) is 6.42 Å². The molecule has 2 atom stereocenters. The number of hydrogen-bond acceptors (Lipinski definition) is 3. The van der Waals surface area contributed by atoms with Crippen LogP contribution in [0.1, 0.15) is 44.9 Å². The molecule has 2 heterocycles. The summed E-state index contributed by atoms with van der Waals surface area (Å²) >= 11 is 0. The van der Waals surface area contributed by atoms with E-state index in [1.165, 1.54) is 19.3 Å². The summed E-state index contributed by atoms with van der Waals surface area (Å²) in [6, 6.07) is 0.507. The number of amides is 2. The number of hydrogen-bond donors (Lipinski definition) is 2. The highest BCUT2D eigenvalue weighted by Crippen LogP contribution is 2.19. The lowest BCUT2D eigenvalue weighted by atomic mass is 9.96. The van der Waals surface area contributed by atoms with Crippen molar-refractivity contribution in [3.8, 4) is 0 Å². The van der Waals surface area contributed by atoms with Gasteiger partial charge >= 0.3 is 0 Å². The van der Waals surface area contributed by atoms with Gasteiger partial charge in [0.25, 0.3) is 0 Å². The predicted molar refractivity (Wildman–Crippen MR) is 78.2 cm³/mol. The van der Waals surface area contributed by atoms with E-state index in [0.29, 0.717) is 19.0 Å². The van der Waals surface area contributed by atoms with E-state index in [2.05, 4.69) is 10.6 Å². The fourth-order valence-electron chi connectivity index (χ4n) is 3.25. The van der Waals surface area contributed by atoms with Crippen molar-refractivity contribution in [2.24, 2.45) is 5.92 Å². The number of nitrogens with zero attached hydrogens (tertiary/aromatic N) is 1. The topological polar surface area (TPSA) is 61.4 Å². The molecule has 5 heteroatoms. The average Bonchev–Trinajstić information content (AvgIpc) is 2.53. The van der Waals surface area contributed by atoms with E-state index in [4.69, 9.17) is 0 Å². The molecule has 0 aliphatic carbocycles. The first-order chi connectivity index (χ1) is 9.70. The minimum Gasteiger partial charge on any atom is -0.359 e. The van der Waals surface area contributed by atoms with Gasteiger partial charge in [0, 0.05) is 32.6 Å². The molecule has 2 aliphatic heterocycles. The molecule has 0 aromatic heterocycles. The van der Waals surface area contributed by atoms with Crippen LogP contribution in [-0.2, 0) is 9.59 Å². The average molecular weight is 281 g/mol. The zero-order valence-electron chi connectivity index (χ0n) is 12.5. The van der Waals surface area contributed by atoms with Gasteiger partial charge in [0.05, 0.1) is 5.92 Å². The van der Waals surface area contributed by atoms with Gasteiger partial charge in [0.1, 0.15) is 0 Å². The van der Waals surface area contributed by atoms with E-state index in [0.717, 1.165) is 32.4 Å². The zero-order chi connectivity index (χ0) is 14.4. The Morgan fingerprint density at radius 2 is 2.10 bits per heavy atom. The highest BCUT2D eigenvalue weighted by Gasteiger charge is 2.27. The van der Waals surface area contributed by atoms with Crippen LogP contribution in [0.3, 0.4) is 0 Å². The molecule has 5 nitrogen and oxygen atoms in total. The maximum Gasteiger partial charge on any atom is 0.224 e. The summed E-state index contributed by atoms with van der Waals surface area (Å²) in [5.41, 5.74) is 0. The van der Waals surface area contributed by atoms with Crippen molar-refractivity contribution in [3.63, 3.8) is 0 Å². The number of rotatable bonds is 4. The fourth-order valence-corrected chi connectivity index (χ4v) is 3.25. The summed E-state index contributed by atoms with van der Waals surface area (Å²) in [6.07, 6.45) is 7.09. The van der Waals surface area contributed by atoms with E-state index in [1.807, 2.05) is 4.90 Å². The molecule has 2 saturated heterocycles. The van der Waals surface area contributed by atoms with Crippen LogP contribution in [0.15, 0.2) is 0 Å². The van der Waals surface area contributed by atoms with Crippen molar-refractivity contribution in [1.29, 1.82) is 0 Å². The molecule has 0 radical (unpaired) electrons. The maximum absolute atomic E-state index is 12.3. The number of piperidine rings is 2. The van der Waals surface area contributed by atoms with Crippen LogP contribution in [0, 0.1) is 5.92 Å². The van der Waals surface area contributed by atoms with E-state index in [9.17, 15) is 9.59 Å². The highest BCUT2D eigenvalue weighted by molar-refractivity contribution is 5.81. The largest absolute Gasteiger partial charge is 0.359 e. The second-order valence-electron chi connectivity index (χ2n) is 5.98. The second kappa shape index (κ2) is 7.62. The Morgan fingerprint density at radius 1 is 1.25 bits per heavy atom. The first-order valence-electron chi connectivity index (χ1n) is 7.93. The molecule has 2 N–H and O–H groups in total. The Balaban J connectivity index is 1.75. The van der Waals surface area contributed by atoms with Crippen molar-refractivity contribution in [2.45, 2.75) is 51.0 Å². The van der Waals surface area contributed by atoms with Crippen molar-refractivity contribution < 1.29 is 9.59 Å². The van der Waals surface area contributed by atoms with Gasteiger partial charge in [-0.05, 0) is 38.6 Å². The number of carbonyl (C=O) groups is 2. The quantitative estimate of drug-likeness (QED) is 0.804. The van der Waals surface area contributed by atoms with Crippen LogP contribution in [0.5, 0.6) is 0 Å². The normalized spacial score (nSPS) is 27.1. The van der Waals surface area contributed by atoms with Crippen LogP contribution in [0.25, 0.3) is 0 Å². The van der Waals surface area contributed by atoms with Gasteiger partial charge in [0.15, 0.2) is 0 Å². The number of carbonyl (C=O) groups excluding carboxylic acids is 2. The van der Waals surface area contributed by atoms with Gasteiger partial charge in [-0.3, -0.25) is 9.59 Å². The minimum absolute atomic E-state index is 0.0227. The van der Waals surface area contributed by atoms with Gasteiger partial charge in [-0.25, -0.2) is 0 Å². The molecule has 0 aromatic carbocycles. The molecule has 0 aromatic rings. The predicted octanol–water partition coefficient (Wildman–Crippen LogP) is 0.893. The lowest BCUT2D eigenvalue weighted by Gasteiger charge is -2.32. The van der Waals surface area contributed by atoms with Crippen LogP contribution >= 0.6 is 0 Å². The summed E-state index contributed by atoms with van der Waals surface area (Å²) in [6.45, 7) is 2.49. The second-order valence-corrected chi connectivity index (χ2v) is 5.98. The van der Waals surface area contributed by atoms with Crippen LogP contribution in [0.2, 0.25) is 0 Å². The number of likely N-dealkylation sites (tertiary alicyclic amines) is 1.